The van der Waals surface area contributed by atoms with Crippen LogP contribution < -0.4 is 15.8 Å². The minimum Gasteiger partial charge on any atom is -0.497 e. The van der Waals surface area contributed by atoms with Gasteiger partial charge in [0.2, 0.25) is 0 Å². The molecule has 2 aromatic rings. The van der Waals surface area contributed by atoms with Crippen LogP contribution in [0.2, 0.25) is 0 Å². The fourth-order valence-electron chi connectivity index (χ4n) is 1.49. The Morgan fingerprint density at radius 1 is 1.37 bits per heavy atom. The number of ether oxygens (including phenoxy) is 1. The number of anilines is 2. The van der Waals surface area contributed by atoms with Crippen molar-refractivity contribution in [1.29, 1.82) is 0 Å². The zero-order chi connectivity index (χ0) is 13.8. The van der Waals surface area contributed by atoms with Gasteiger partial charge in [0, 0.05) is 5.69 Å². The van der Waals surface area contributed by atoms with Crippen LogP contribution in [0.15, 0.2) is 36.5 Å². The van der Waals surface area contributed by atoms with Crippen LogP contribution in [-0.2, 0) is 0 Å². The molecule has 0 aliphatic heterocycles. The van der Waals surface area contributed by atoms with Crippen LogP contribution in [0.1, 0.15) is 10.4 Å². The van der Waals surface area contributed by atoms with Gasteiger partial charge in [0.1, 0.15) is 17.4 Å². The predicted octanol–water partition coefficient (Wildman–Crippen LogP) is 2.06. The number of amides is 1. The highest BCUT2D eigenvalue weighted by Crippen LogP contribution is 2.20. The fourth-order valence-corrected chi connectivity index (χ4v) is 1.49. The Morgan fingerprint density at radius 3 is 2.79 bits per heavy atom. The number of hydrogen-bond donors (Lipinski definition) is 2. The molecule has 0 saturated carbocycles. The molecule has 0 unspecified atom stereocenters. The van der Waals surface area contributed by atoms with Gasteiger partial charge < -0.3 is 15.8 Å². The van der Waals surface area contributed by atoms with E-state index in [0.717, 1.165) is 6.20 Å². The predicted molar refractivity (Wildman–Crippen MR) is 69.6 cm³/mol. The van der Waals surface area contributed by atoms with Crippen LogP contribution in [0.3, 0.4) is 0 Å². The summed E-state index contributed by atoms with van der Waals surface area (Å²) in [6, 6.07) is 7.32. The van der Waals surface area contributed by atoms with Crippen LogP contribution in [0.5, 0.6) is 5.75 Å². The number of carbonyl (C=O) groups is 1. The van der Waals surface area contributed by atoms with E-state index in [1.54, 1.807) is 12.1 Å². The number of nitrogens with one attached hydrogen (secondary N) is 1. The van der Waals surface area contributed by atoms with Crippen molar-refractivity contribution in [3.8, 4) is 5.75 Å². The Kier molecular flexibility index (Phi) is 3.61. The van der Waals surface area contributed by atoms with Crippen LogP contribution >= 0.6 is 0 Å². The van der Waals surface area contributed by atoms with E-state index in [2.05, 4.69) is 10.3 Å². The smallest absolute Gasteiger partial charge is 0.259 e. The van der Waals surface area contributed by atoms with Gasteiger partial charge >= 0.3 is 0 Å². The molecule has 6 heteroatoms. The van der Waals surface area contributed by atoms with Crippen molar-refractivity contribution in [2.45, 2.75) is 0 Å². The minimum atomic E-state index is -0.473. The highest BCUT2D eigenvalue weighted by molar-refractivity contribution is 6.07. The van der Waals surface area contributed by atoms with Gasteiger partial charge in [0.25, 0.3) is 5.91 Å². The first-order valence-electron chi connectivity index (χ1n) is 5.46. The van der Waals surface area contributed by atoms with Gasteiger partial charge in [0.15, 0.2) is 0 Å². The molecular formula is C13H12FN3O2. The van der Waals surface area contributed by atoms with Crippen LogP contribution in [-0.4, -0.2) is 18.0 Å². The van der Waals surface area contributed by atoms with Gasteiger partial charge in [-0.25, -0.2) is 9.37 Å². The van der Waals surface area contributed by atoms with Gasteiger partial charge in [-0.3, -0.25) is 4.79 Å². The van der Waals surface area contributed by atoms with Crippen molar-refractivity contribution < 1.29 is 13.9 Å². The number of methoxy groups -OCH3 is 1. The van der Waals surface area contributed by atoms with Gasteiger partial charge in [0.05, 0.1) is 18.9 Å². The Labute approximate surface area is 109 Å². The lowest BCUT2D eigenvalue weighted by Crippen LogP contribution is -2.15. The van der Waals surface area contributed by atoms with E-state index in [1.165, 1.54) is 25.3 Å². The highest BCUT2D eigenvalue weighted by atomic mass is 19.1. The summed E-state index contributed by atoms with van der Waals surface area (Å²) in [5.74, 6) is -0.144. The minimum absolute atomic E-state index is 0.244. The zero-order valence-corrected chi connectivity index (χ0v) is 10.2. The molecule has 0 spiro atoms. The summed E-state index contributed by atoms with van der Waals surface area (Å²) in [4.78, 5) is 15.7. The van der Waals surface area contributed by atoms with Gasteiger partial charge in [-0.05, 0) is 30.3 Å². The number of nitrogen functional groups attached to an aromatic ring is 1. The lowest BCUT2D eigenvalue weighted by atomic mass is 10.1. The summed E-state index contributed by atoms with van der Waals surface area (Å²) in [5.41, 5.74) is 6.31. The van der Waals surface area contributed by atoms with Crippen molar-refractivity contribution in [3.05, 3.63) is 47.9 Å². The summed E-state index contributed by atoms with van der Waals surface area (Å²) in [7, 11) is 1.49. The average molecular weight is 261 g/mol. The number of benzene rings is 1. The second kappa shape index (κ2) is 5.34. The quantitative estimate of drug-likeness (QED) is 0.829. The third-order valence-corrected chi connectivity index (χ3v) is 2.47. The Hall–Kier alpha value is -2.63. The molecule has 0 saturated heterocycles. The van der Waals surface area contributed by atoms with Crippen molar-refractivity contribution in [3.63, 3.8) is 0 Å². The third-order valence-electron chi connectivity index (χ3n) is 2.47. The number of nitrogens with two attached hydrogens (primary N) is 1. The number of carbonyl (C=O) groups excluding carboxylic acids is 1. The fraction of sp³-hybridized carbons (Fsp3) is 0.0769. The highest BCUT2D eigenvalue weighted by Gasteiger charge is 2.11. The second-order valence-electron chi connectivity index (χ2n) is 3.77. The summed E-state index contributed by atoms with van der Waals surface area (Å²) in [6.45, 7) is 0. The molecule has 1 aromatic carbocycles. The van der Waals surface area contributed by atoms with E-state index in [1.807, 2.05) is 0 Å². The first-order valence-corrected chi connectivity index (χ1v) is 5.46. The molecule has 1 amide bonds. The van der Waals surface area contributed by atoms with E-state index in [9.17, 15) is 9.18 Å². The van der Waals surface area contributed by atoms with Crippen molar-refractivity contribution in [2.24, 2.45) is 0 Å². The number of rotatable bonds is 3. The second-order valence-corrected chi connectivity index (χ2v) is 3.77. The number of halogens is 1. The molecule has 98 valence electrons. The molecule has 0 radical (unpaired) electrons. The molecule has 2 rings (SSSR count). The van der Waals surface area contributed by atoms with E-state index in [4.69, 9.17) is 10.5 Å². The molecular weight excluding hydrogens is 249 g/mol. The largest absolute Gasteiger partial charge is 0.497 e. The molecule has 0 aliphatic carbocycles. The van der Waals surface area contributed by atoms with E-state index in [-0.39, 0.29) is 11.4 Å². The zero-order valence-electron chi connectivity index (χ0n) is 10.2. The summed E-state index contributed by atoms with van der Waals surface area (Å²) < 4.78 is 17.7. The van der Waals surface area contributed by atoms with Gasteiger partial charge in [-0.1, -0.05) is 0 Å². The molecule has 0 bridgehead atoms. The first kappa shape index (κ1) is 12.8. The maximum atomic E-state index is 12.7. The van der Waals surface area contributed by atoms with Crippen molar-refractivity contribution >= 4 is 17.4 Å². The Balaban J connectivity index is 2.22. The lowest BCUT2D eigenvalue weighted by Gasteiger charge is -2.08. The Morgan fingerprint density at radius 2 is 2.16 bits per heavy atom. The molecule has 5 nitrogen and oxygen atoms in total. The average Bonchev–Trinajstić information content (AvgIpc) is 2.42. The lowest BCUT2D eigenvalue weighted by molar-refractivity contribution is 0.102. The van der Waals surface area contributed by atoms with Crippen LogP contribution in [0.25, 0.3) is 0 Å². The molecule has 1 aromatic heterocycles. The summed E-state index contributed by atoms with van der Waals surface area (Å²) >= 11 is 0. The number of hydrogen-bond acceptors (Lipinski definition) is 4. The van der Waals surface area contributed by atoms with Crippen LogP contribution in [0.4, 0.5) is 15.9 Å². The molecule has 1 heterocycles. The van der Waals surface area contributed by atoms with E-state index in [0.29, 0.717) is 11.4 Å². The number of pyridine rings is 1. The van der Waals surface area contributed by atoms with Crippen molar-refractivity contribution in [1.82, 2.24) is 4.98 Å². The third kappa shape index (κ3) is 2.98. The monoisotopic (exact) mass is 261 g/mol. The van der Waals surface area contributed by atoms with Gasteiger partial charge in [-0.15, -0.1) is 0 Å². The number of aromatic nitrogens is 1. The summed E-state index contributed by atoms with van der Waals surface area (Å²) in [6.07, 6.45) is 1.02. The van der Waals surface area contributed by atoms with Crippen molar-refractivity contribution in [2.75, 3.05) is 18.2 Å². The molecule has 0 atom stereocenters. The molecule has 3 N–H and O–H groups in total. The normalized spacial score (nSPS) is 10.0. The van der Waals surface area contributed by atoms with E-state index < -0.39 is 11.7 Å². The van der Waals surface area contributed by atoms with Gasteiger partial charge in [-0.2, -0.15) is 0 Å². The maximum absolute atomic E-state index is 12.7. The maximum Gasteiger partial charge on any atom is 0.259 e. The molecule has 0 aliphatic rings. The van der Waals surface area contributed by atoms with Crippen LogP contribution in [0, 0.1) is 5.82 Å². The first-order chi connectivity index (χ1) is 9.10. The number of nitrogens with zero attached hydrogens (tertiary/aromatic N) is 1. The SMILES string of the molecule is COc1ccc(N)c(C(=O)Nc2ccc(F)cn2)c1. The Bertz CT molecular complexity index is 599. The summed E-state index contributed by atoms with van der Waals surface area (Å²) in [5, 5.41) is 2.53. The topological polar surface area (TPSA) is 77.2 Å². The van der Waals surface area contributed by atoms with E-state index >= 15 is 0 Å². The standard InChI is InChI=1S/C13H12FN3O2/c1-19-9-3-4-11(15)10(6-9)13(18)17-12-5-2-8(14)7-16-12/h2-7H,15H2,1H3,(H,16,17,18). The molecule has 19 heavy (non-hydrogen) atoms. The molecule has 0 fully saturated rings.